The van der Waals surface area contributed by atoms with E-state index in [1.807, 2.05) is 6.07 Å². The van der Waals surface area contributed by atoms with Crippen molar-refractivity contribution < 1.29 is 5.11 Å². The number of benzene rings is 1. The van der Waals surface area contributed by atoms with Crippen molar-refractivity contribution in [1.82, 2.24) is 0 Å². The largest absolute Gasteiger partial charge is 0.508 e. The van der Waals surface area contributed by atoms with Crippen LogP contribution in [0.4, 0.5) is 0 Å². The fraction of sp³-hybridized carbons (Fsp3) is 0.455. The summed E-state index contributed by atoms with van der Waals surface area (Å²) in [5.74, 6) is 0.913. The van der Waals surface area contributed by atoms with E-state index in [1.54, 1.807) is 12.1 Å². The Labute approximate surface area is 87.9 Å². The van der Waals surface area contributed by atoms with E-state index in [0.717, 1.165) is 17.3 Å². The van der Waals surface area contributed by atoms with Crippen molar-refractivity contribution in [3.63, 3.8) is 0 Å². The van der Waals surface area contributed by atoms with Gasteiger partial charge in [-0.1, -0.05) is 35.8 Å². The van der Waals surface area contributed by atoms with Crippen LogP contribution in [0, 0.1) is 0 Å². The molecule has 72 valence electrons. The van der Waals surface area contributed by atoms with Gasteiger partial charge in [0, 0.05) is 4.47 Å². The molecule has 0 aliphatic carbocycles. The highest BCUT2D eigenvalue weighted by molar-refractivity contribution is 9.10. The first-order valence-electron chi connectivity index (χ1n) is 4.67. The predicted molar refractivity (Wildman–Crippen MR) is 59.1 cm³/mol. The standard InChI is InChI=1S/C11H15BrO/c1-3-8(4-2)10-6-5-9(13)7-11(10)12/h5-8,13H,3-4H2,1-2H3. The normalized spacial score (nSPS) is 10.8. The van der Waals surface area contributed by atoms with Crippen molar-refractivity contribution in [3.8, 4) is 5.75 Å². The van der Waals surface area contributed by atoms with Gasteiger partial charge in [-0.15, -0.1) is 0 Å². The van der Waals surface area contributed by atoms with E-state index in [9.17, 15) is 5.11 Å². The van der Waals surface area contributed by atoms with Gasteiger partial charge < -0.3 is 5.11 Å². The summed E-state index contributed by atoms with van der Waals surface area (Å²) in [6.07, 6.45) is 2.28. The van der Waals surface area contributed by atoms with Crippen LogP contribution in [0.1, 0.15) is 38.2 Å². The molecule has 0 aliphatic rings. The van der Waals surface area contributed by atoms with Gasteiger partial charge >= 0.3 is 0 Å². The number of rotatable bonds is 3. The molecule has 1 aromatic rings. The molecule has 0 amide bonds. The van der Waals surface area contributed by atoms with E-state index in [1.165, 1.54) is 5.56 Å². The minimum absolute atomic E-state index is 0.321. The third-order valence-electron chi connectivity index (χ3n) is 2.41. The summed E-state index contributed by atoms with van der Waals surface area (Å²) in [4.78, 5) is 0. The molecule has 0 bridgehead atoms. The molecule has 1 rings (SSSR count). The Kier molecular flexibility index (Phi) is 3.79. The van der Waals surface area contributed by atoms with Crippen LogP contribution in [0.2, 0.25) is 0 Å². The number of hydrogen-bond donors (Lipinski definition) is 1. The van der Waals surface area contributed by atoms with Gasteiger partial charge in [0.1, 0.15) is 5.75 Å². The van der Waals surface area contributed by atoms with Gasteiger partial charge in [0.05, 0.1) is 0 Å². The van der Waals surface area contributed by atoms with Gasteiger partial charge in [-0.25, -0.2) is 0 Å². The second-order valence-corrected chi connectivity index (χ2v) is 4.07. The summed E-state index contributed by atoms with van der Waals surface area (Å²) >= 11 is 3.47. The topological polar surface area (TPSA) is 20.2 Å². The molecule has 0 fully saturated rings. The van der Waals surface area contributed by atoms with Gasteiger partial charge in [0.2, 0.25) is 0 Å². The Morgan fingerprint density at radius 3 is 2.38 bits per heavy atom. The third kappa shape index (κ3) is 2.47. The minimum Gasteiger partial charge on any atom is -0.508 e. The van der Waals surface area contributed by atoms with Crippen LogP contribution in [0.5, 0.6) is 5.75 Å². The lowest BCUT2D eigenvalue weighted by molar-refractivity contribution is 0.474. The molecule has 2 heteroatoms. The molecular formula is C11H15BrO. The zero-order chi connectivity index (χ0) is 9.84. The SMILES string of the molecule is CCC(CC)c1ccc(O)cc1Br. The quantitative estimate of drug-likeness (QED) is 0.848. The van der Waals surface area contributed by atoms with Crippen LogP contribution in [0.25, 0.3) is 0 Å². The summed E-state index contributed by atoms with van der Waals surface area (Å²) in [7, 11) is 0. The average molecular weight is 243 g/mol. The monoisotopic (exact) mass is 242 g/mol. The molecule has 0 aliphatic heterocycles. The van der Waals surface area contributed by atoms with E-state index < -0.39 is 0 Å². The Bertz CT molecular complexity index is 279. The molecule has 0 saturated carbocycles. The molecule has 0 spiro atoms. The first-order chi connectivity index (χ1) is 6.19. The lowest BCUT2D eigenvalue weighted by Crippen LogP contribution is -1.96. The summed E-state index contributed by atoms with van der Waals surface area (Å²) in [6, 6.07) is 5.50. The lowest BCUT2D eigenvalue weighted by atomic mass is 9.94. The zero-order valence-electron chi connectivity index (χ0n) is 8.05. The second-order valence-electron chi connectivity index (χ2n) is 3.22. The molecule has 1 aromatic carbocycles. The Balaban J connectivity index is 2.99. The first kappa shape index (κ1) is 10.6. The number of phenolic OH excluding ortho intramolecular Hbond substituents is 1. The Morgan fingerprint density at radius 2 is 1.92 bits per heavy atom. The molecule has 0 saturated heterocycles. The van der Waals surface area contributed by atoms with Crippen LogP contribution in [0.3, 0.4) is 0 Å². The molecule has 0 atom stereocenters. The van der Waals surface area contributed by atoms with Crippen molar-refractivity contribution in [2.24, 2.45) is 0 Å². The number of phenols is 1. The number of aromatic hydroxyl groups is 1. The summed E-state index contributed by atoms with van der Waals surface area (Å²) in [5.41, 5.74) is 1.29. The smallest absolute Gasteiger partial charge is 0.116 e. The fourth-order valence-corrected chi connectivity index (χ4v) is 2.27. The lowest BCUT2D eigenvalue weighted by Gasteiger charge is -2.14. The highest BCUT2D eigenvalue weighted by Crippen LogP contribution is 2.31. The maximum atomic E-state index is 9.23. The molecule has 13 heavy (non-hydrogen) atoms. The highest BCUT2D eigenvalue weighted by atomic mass is 79.9. The molecule has 0 unspecified atom stereocenters. The van der Waals surface area contributed by atoms with Gasteiger partial charge in [-0.3, -0.25) is 0 Å². The Morgan fingerprint density at radius 1 is 1.31 bits per heavy atom. The summed E-state index contributed by atoms with van der Waals surface area (Å²) < 4.78 is 1.02. The van der Waals surface area contributed by atoms with Gasteiger partial charge in [0.15, 0.2) is 0 Å². The van der Waals surface area contributed by atoms with Crippen LogP contribution in [-0.4, -0.2) is 5.11 Å². The van der Waals surface area contributed by atoms with E-state index in [0.29, 0.717) is 11.7 Å². The van der Waals surface area contributed by atoms with Crippen molar-refractivity contribution in [2.75, 3.05) is 0 Å². The maximum absolute atomic E-state index is 9.23. The van der Waals surface area contributed by atoms with E-state index in [4.69, 9.17) is 0 Å². The third-order valence-corrected chi connectivity index (χ3v) is 3.10. The van der Waals surface area contributed by atoms with Crippen molar-refractivity contribution in [3.05, 3.63) is 28.2 Å². The first-order valence-corrected chi connectivity index (χ1v) is 5.46. The summed E-state index contributed by atoms with van der Waals surface area (Å²) in [5, 5.41) is 9.23. The molecule has 1 nitrogen and oxygen atoms in total. The summed E-state index contributed by atoms with van der Waals surface area (Å²) in [6.45, 7) is 4.38. The van der Waals surface area contributed by atoms with Gasteiger partial charge in [-0.05, 0) is 36.5 Å². The van der Waals surface area contributed by atoms with E-state index >= 15 is 0 Å². The predicted octanol–water partition coefficient (Wildman–Crippen LogP) is 4.06. The van der Waals surface area contributed by atoms with Gasteiger partial charge in [-0.2, -0.15) is 0 Å². The van der Waals surface area contributed by atoms with Crippen LogP contribution in [-0.2, 0) is 0 Å². The highest BCUT2D eigenvalue weighted by Gasteiger charge is 2.10. The molecular weight excluding hydrogens is 228 g/mol. The molecule has 0 heterocycles. The Hall–Kier alpha value is -0.500. The van der Waals surface area contributed by atoms with Crippen LogP contribution >= 0.6 is 15.9 Å². The fourth-order valence-electron chi connectivity index (χ4n) is 1.58. The van der Waals surface area contributed by atoms with Crippen LogP contribution < -0.4 is 0 Å². The average Bonchev–Trinajstić information content (AvgIpc) is 2.10. The van der Waals surface area contributed by atoms with Crippen molar-refractivity contribution >= 4 is 15.9 Å². The van der Waals surface area contributed by atoms with Gasteiger partial charge in [0.25, 0.3) is 0 Å². The number of halogens is 1. The van der Waals surface area contributed by atoms with E-state index in [-0.39, 0.29) is 0 Å². The van der Waals surface area contributed by atoms with Crippen molar-refractivity contribution in [1.29, 1.82) is 0 Å². The molecule has 0 aromatic heterocycles. The molecule has 1 N–H and O–H groups in total. The van der Waals surface area contributed by atoms with E-state index in [2.05, 4.69) is 29.8 Å². The van der Waals surface area contributed by atoms with Crippen molar-refractivity contribution in [2.45, 2.75) is 32.6 Å². The minimum atomic E-state index is 0.321. The number of hydrogen-bond acceptors (Lipinski definition) is 1. The second kappa shape index (κ2) is 4.66. The maximum Gasteiger partial charge on any atom is 0.116 e. The molecule has 0 radical (unpaired) electrons. The van der Waals surface area contributed by atoms with Crippen LogP contribution in [0.15, 0.2) is 22.7 Å². The zero-order valence-corrected chi connectivity index (χ0v) is 9.63.